The van der Waals surface area contributed by atoms with E-state index < -0.39 is 0 Å². The van der Waals surface area contributed by atoms with Gasteiger partial charge in [-0.25, -0.2) is 9.97 Å². The molecular formula is C20H21Cl2N5O. The van der Waals surface area contributed by atoms with Crippen molar-refractivity contribution in [2.24, 2.45) is 5.73 Å². The van der Waals surface area contributed by atoms with E-state index in [1.54, 1.807) is 31.6 Å². The third kappa shape index (κ3) is 5.11. The fourth-order valence-corrected chi connectivity index (χ4v) is 3.15. The van der Waals surface area contributed by atoms with Gasteiger partial charge in [-0.1, -0.05) is 35.3 Å². The van der Waals surface area contributed by atoms with Crippen LogP contribution in [0.25, 0.3) is 22.3 Å². The molecule has 0 aliphatic rings. The Morgan fingerprint density at radius 2 is 1.96 bits per heavy atom. The summed E-state index contributed by atoms with van der Waals surface area (Å²) in [5, 5.41) is 8.52. The van der Waals surface area contributed by atoms with Gasteiger partial charge >= 0.3 is 0 Å². The number of methoxy groups -OCH3 is 1. The highest BCUT2D eigenvalue weighted by molar-refractivity contribution is 6.36. The van der Waals surface area contributed by atoms with Gasteiger partial charge in [0, 0.05) is 29.1 Å². The van der Waals surface area contributed by atoms with Crippen LogP contribution in [0.4, 0.5) is 5.82 Å². The zero-order chi connectivity index (χ0) is 19.9. The highest BCUT2D eigenvalue weighted by Gasteiger charge is 2.12. The number of benzene rings is 2. The Bertz CT molecular complexity index is 980. The number of para-hydroxylation sites is 1. The monoisotopic (exact) mass is 417 g/mol. The number of hydrogen-bond donors (Lipinski definition) is 3. The number of rotatable bonds is 8. The third-order valence-corrected chi connectivity index (χ3v) is 4.54. The molecule has 1 heterocycles. The molecule has 1 atom stereocenters. The van der Waals surface area contributed by atoms with Crippen LogP contribution < -0.4 is 16.4 Å². The summed E-state index contributed by atoms with van der Waals surface area (Å²) in [6.45, 7) is 1.27. The van der Waals surface area contributed by atoms with Crippen molar-refractivity contribution in [1.29, 1.82) is 0 Å². The highest BCUT2D eigenvalue weighted by atomic mass is 35.5. The predicted molar refractivity (Wildman–Crippen MR) is 116 cm³/mol. The second-order valence-electron chi connectivity index (χ2n) is 6.01. The molecule has 8 heteroatoms. The van der Waals surface area contributed by atoms with E-state index in [0.717, 1.165) is 22.3 Å². The number of nitrogens with zero attached hydrogens (tertiary/aromatic N) is 2. The van der Waals surface area contributed by atoms with Gasteiger partial charge in [-0.3, -0.25) is 5.32 Å². The maximum atomic E-state index is 6.35. The molecule has 1 aromatic heterocycles. The van der Waals surface area contributed by atoms with E-state index in [4.69, 9.17) is 33.7 Å². The van der Waals surface area contributed by atoms with Gasteiger partial charge in [0.25, 0.3) is 0 Å². The van der Waals surface area contributed by atoms with E-state index in [0.29, 0.717) is 29.0 Å². The van der Waals surface area contributed by atoms with Crippen LogP contribution in [0.15, 0.2) is 54.8 Å². The quantitative estimate of drug-likeness (QED) is 0.291. The fraction of sp³-hybridized carbons (Fsp3) is 0.200. The standard InChI is InChI=1S/C20H21Cl2N5O/c1-28-11-8-18(23)24-9-10-25-19-15-4-2-3-5-17(15)26-20(27-19)14-7-6-13(21)12-16(14)22/h2-8,11-12,18,24H,9-10,23H2,1H3,(H,25,26,27)/b11-8-. The van der Waals surface area contributed by atoms with Crippen LogP contribution in [0.2, 0.25) is 10.0 Å². The highest BCUT2D eigenvalue weighted by Crippen LogP contribution is 2.31. The Labute approximate surface area is 173 Å². The van der Waals surface area contributed by atoms with Crippen LogP contribution in [-0.4, -0.2) is 36.3 Å². The SMILES string of the molecule is CO/C=C\C(N)NCCNc1nc(-c2ccc(Cl)cc2Cl)nc2ccccc12. The van der Waals surface area contributed by atoms with Crippen molar-refractivity contribution in [3.05, 3.63) is 64.8 Å². The summed E-state index contributed by atoms with van der Waals surface area (Å²) in [7, 11) is 1.58. The van der Waals surface area contributed by atoms with E-state index in [2.05, 4.69) is 20.6 Å². The lowest BCUT2D eigenvalue weighted by molar-refractivity contribution is 0.334. The lowest BCUT2D eigenvalue weighted by Gasteiger charge is -2.13. The zero-order valence-electron chi connectivity index (χ0n) is 15.3. The van der Waals surface area contributed by atoms with Gasteiger partial charge in [-0.15, -0.1) is 0 Å². The molecule has 0 aliphatic carbocycles. The molecule has 1 unspecified atom stereocenters. The van der Waals surface area contributed by atoms with Crippen molar-refractivity contribution in [1.82, 2.24) is 15.3 Å². The Balaban J connectivity index is 1.82. The van der Waals surface area contributed by atoms with E-state index in [1.807, 2.05) is 30.3 Å². The van der Waals surface area contributed by atoms with E-state index in [9.17, 15) is 0 Å². The first-order valence-corrected chi connectivity index (χ1v) is 9.48. The molecule has 3 rings (SSSR count). The fourth-order valence-electron chi connectivity index (χ4n) is 2.65. The molecule has 146 valence electrons. The average molecular weight is 418 g/mol. The summed E-state index contributed by atoms with van der Waals surface area (Å²) in [5.41, 5.74) is 7.46. The van der Waals surface area contributed by atoms with Gasteiger partial charge in [0.05, 0.1) is 30.1 Å². The number of nitrogens with one attached hydrogen (secondary N) is 2. The lowest BCUT2D eigenvalue weighted by atomic mass is 10.2. The summed E-state index contributed by atoms with van der Waals surface area (Å²) in [6.07, 6.45) is 3.00. The minimum Gasteiger partial charge on any atom is -0.505 e. The van der Waals surface area contributed by atoms with Crippen LogP contribution in [0.1, 0.15) is 0 Å². The molecule has 4 N–H and O–H groups in total. The van der Waals surface area contributed by atoms with Crippen molar-refractivity contribution >= 4 is 39.9 Å². The summed E-state index contributed by atoms with van der Waals surface area (Å²) in [6, 6.07) is 13.1. The number of aromatic nitrogens is 2. The number of anilines is 1. The first-order chi connectivity index (χ1) is 13.6. The number of nitrogens with two attached hydrogens (primary N) is 1. The van der Waals surface area contributed by atoms with Crippen LogP contribution in [0.5, 0.6) is 0 Å². The first kappa shape index (κ1) is 20.4. The van der Waals surface area contributed by atoms with Crippen molar-refractivity contribution in [3.8, 4) is 11.4 Å². The van der Waals surface area contributed by atoms with Crippen molar-refractivity contribution < 1.29 is 4.74 Å². The molecule has 0 aliphatic heterocycles. The molecule has 0 radical (unpaired) electrons. The number of fused-ring (bicyclic) bond motifs is 1. The number of halogens is 2. The zero-order valence-corrected chi connectivity index (χ0v) is 16.8. The smallest absolute Gasteiger partial charge is 0.163 e. The molecule has 0 fully saturated rings. The lowest BCUT2D eigenvalue weighted by Crippen LogP contribution is -2.38. The summed E-state index contributed by atoms with van der Waals surface area (Å²) in [5.74, 6) is 1.27. The van der Waals surface area contributed by atoms with Crippen molar-refractivity contribution in [2.45, 2.75) is 6.17 Å². The summed E-state index contributed by atoms with van der Waals surface area (Å²) < 4.78 is 4.86. The van der Waals surface area contributed by atoms with Gasteiger partial charge in [0.1, 0.15) is 5.82 Å². The van der Waals surface area contributed by atoms with Crippen molar-refractivity contribution in [2.75, 3.05) is 25.5 Å². The second-order valence-corrected chi connectivity index (χ2v) is 6.85. The van der Waals surface area contributed by atoms with Gasteiger partial charge in [0.15, 0.2) is 5.82 Å². The molecule has 0 amide bonds. The third-order valence-electron chi connectivity index (χ3n) is 3.99. The van der Waals surface area contributed by atoms with Crippen LogP contribution in [0, 0.1) is 0 Å². The molecule has 0 saturated carbocycles. The molecule has 28 heavy (non-hydrogen) atoms. The summed E-state index contributed by atoms with van der Waals surface area (Å²) in [4.78, 5) is 9.33. The normalized spacial score (nSPS) is 12.4. The Morgan fingerprint density at radius 3 is 2.75 bits per heavy atom. The van der Waals surface area contributed by atoms with Gasteiger partial charge in [-0.05, 0) is 36.4 Å². The largest absolute Gasteiger partial charge is 0.505 e. The van der Waals surface area contributed by atoms with Crippen LogP contribution in [0.3, 0.4) is 0 Å². The van der Waals surface area contributed by atoms with E-state index >= 15 is 0 Å². The minimum atomic E-state index is -0.285. The van der Waals surface area contributed by atoms with Gasteiger partial charge < -0.3 is 15.8 Å². The molecule has 0 spiro atoms. The van der Waals surface area contributed by atoms with Gasteiger partial charge in [0.2, 0.25) is 0 Å². The van der Waals surface area contributed by atoms with Crippen molar-refractivity contribution in [3.63, 3.8) is 0 Å². The topological polar surface area (TPSA) is 85.1 Å². The Morgan fingerprint density at radius 1 is 1.14 bits per heavy atom. The van der Waals surface area contributed by atoms with Crippen LogP contribution in [-0.2, 0) is 4.74 Å². The number of ether oxygens (including phenoxy) is 1. The molecule has 6 nitrogen and oxygen atoms in total. The van der Waals surface area contributed by atoms with Gasteiger partial charge in [-0.2, -0.15) is 0 Å². The molecule has 0 bridgehead atoms. The maximum Gasteiger partial charge on any atom is 0.163 e. The summed E-state index contributed by atoms with van der Waals surface area (Å²) >= 11 is 12.4. The molecule has 0 saturated heterocycles. The van der Waals surface area contributed by atoms with E-state index in [1.165, 1.54) is 0 Å². The average Bonchev–Trinajstić information content (AvgIpc) is 2.69. The molecule has 2 aromatic carbocycles. The number of hydrogen-bond acceptors (Lipinski definition) is 6. The Hall–Kier alpha value is -2.38. The first-order valence-electron chi connectivity index (χ1n) is 8.73. The molecule has 3 aromatic rings. The second kappa shape index (κ2) is 9.71. The Kier molecular flexibility index (Phi) is 7.06. The molecular weight excluding hydrogens is 397 g/mol. The van der Waals surface area contributed by atoms with E-state index in [-0.39, 0.29) is 6.17 Å². The predicted octanol–water partition coefficient (Wildman–Crippen LogP) is 4.05. The minimum absolute atomic E-state index is 0.285. The maximum absolute atomic E-state index is 6.35. The van der Waals surface area contributed by atoms with Crippen LogP contribution >= 0.6 is 23.2 Å².